The zero-order valence-electron chi connectivity index (χ0n) is 17.1. The molecule has 8 heteroatoms. The third-order valence-electron chi connectivity index (χ3n) is 4.97. The Hall–Kier alpha value is -2.61. The molecule has 1 aromatic rings. The van der Waals surface area contributed by atoms with Crippen molar-refractivity contribution >= 4 is 23.5 Å². The van der Waals surface area contributed by atoms with Crippen LogP contribution in [0.2, 0.25) is 0 Å². The lowest BCUT2D eigenvalue weighted by molar-refractivity contribution is -0.165. The topological polar surface area (TPSA) is 85.4 Å². The van der Waals surface area contributed by atoms with Crippen LogP contribution < -0.4 is 9.64 Å². The van der Waals surface area contributed by atoms with Crippen LogP contribution in [-0.4, -0.2) is 67.2 Å². The molecule has 2 heterocycles. The van der Waals surface area contributed by atoms with Gasteiger partial charge in [0.15, 0.2) is 12.7 Å². The quantitative estimate of drug-likeness (QED) is 0.672. The van der Waals surface area contributed by atoms with Gasteiger partial charge in [-0.2, -0.15) is 0 Å². The molecule has 158 valence electrons. The molecule has 0 saturated carbocycles. The van der Waals surface area contributed by atoms with E-state index in [2.05, 4.69) is 0 Å². The first-order chi connectivity index (χ1) is 13.8. The van der Waals surface area contributed by atoms with E-state index < -0.39 is 12.1 Å². The van der Waals surface area contributed by atoms with Crippen LogP contribution in [0.15, 0.2) is 24.3 Å². The highest BCUT2D eigenvalue weighted by atomic mass is 16.6. The van der Waals surface area contributed by atoms with Gasteiger partial charge in [-0.25, -0.2) is 4.79 Å². The number of carbonyl (C=O) groups is 3. The minimum absolute atomic E-state index is 0.0484. The largest absolute Gasteiger partial charge is 0.482 e. The van der Waals surface area contributed by atoms with Crippen molar-refractivity contribution in [1.82, 2.24) is 4.90 Å². The summed E-state index contributed by atoms with van der Waals surface area (Å²) in [6.07, 6.45) is 0.457. The summed E-state index contributed by atoms with van der Waals surface area (Å²) in [5, 5.41) is 0. The van der Waals surface area contributed by atoms with Gasteiger partial charge in [-0.05, 0) is 51.5 Å². The van der Waals surface area contributed by atoms with Crippen molar-refractivity contribution in [3.63, 3.8) is 0 Å². The highest BCUT2D eigenvalue weighted by Crippen LogP contribution is 2.24. The number of benzene rings is 1. The average Bonchev–Trinajstić information content (AvgIpc) is 3.11. The minimum atomic E-state index is -0.882. The van der Waals surface area contributed by atoms with Crippen LogP contribution in [0.3, 0.4) is 0 Å². The van der Waals surface area contributed by atoms with Gasteiger partial charge in [-0.3, -0.25) is 9.59 Å². The Kier molecular flexibility index (Phi) is 6.74. The molecule has 2 aliphatic rings. The summed E-state index contributed by atoms with van der Waals surface area (Å²) in [5.41, 5.74) is 0.815. The van der Waals surface area contributed by atoms with Crippen molar-refractivity contribution in [3.8, 4) is 5.75 Å². The first kappa shape index (κ1) is 21.1. The van der Waals surface area contributed by atoms with Crippen molar-refractivity contribution in [2.45, 2.75) is 51.9 Å². The van der Waals surface area contributed by atoms with E-state index in [0.717, 1.165) is 18.7 Å². The Morgan fingerprint density at radius 2 is 1.83 bits per heavy atom. The zero-order chi connectivity index (χ0) is 21.0. The van der Waals surface area contributed by atoms with Crippen LogP contribution in [0.25, 0.3) is 0 Å². The number of carbonyl (C=O) groups excluding carboxylic acids is 3. The SMILES string of the molecule is CC1CN(C(=O)C(C)OC(=O)COc2ccc(N3CCCC3=O)cc2)CC(C)O1. The molecule has 2 aliphatic heterocycles. The molecule has 0 aliphatic carbocycles. The number of morpholine rings is 1. The third-order valence-corrected chi connectivity index (χ3v) is 4.97. The first-order valence-corrected chi connectivity index (χ1v) is 10.0. The lowest BCUT2D eigenvalue weighted by Crippen LogP contribution is -2.51. The first-order valence-electron chi connectivity index (χ1n) is 10.0. The molecule has 0 aromatic heterocycles. The van der Waals surface area contributed by atoms with Crippen molar-refractivity contribution in [1.29, 1.82) is 0 Å². The lowest BCUT2D eigenvalue weighted by Gasteiger charge is -2.36. The van der Waals surface area contributed by atoms with Crippen LogP contribution in [0.4, 0.5) is 5.69 Å². The van der Waals surface area contributed by atoms with Crippen molar-refractivity contribution < 1.29 is 28.6 Å². The fraction of sp³-hybridized carbons (Fsp3) is 0.571. The molecule has 0 N–H and O–H groups in total. The second-order valence-corrected chi connectivity index (χ2v) is 7.56. The van der Waals surface area contributed by atoms with Gasteiger partial charge < -0.3 is 24.0 Å². The predicted molar refractivity (Wildman–Crippen MR) is 106 cm³/mol. The van der Waals surface area contributed by atoms with Gasteiger partial charge in [0.2, 0.25) is 5.91 Å². The van der Waals surface area contributed by atoms with Crippen LogP contribution in [0.1, 0.15) is 33.6 Å². The maximum absolute atomic E-state index is 12.5. The summed E-state index contributed by atoms with van der Waals surface area (Å²) < 4.78 is 16.3. The highest BCUT2D eigenvalue weighted by molar-refractivity contribution is 5.95. The predicted octanol–water partition coefficient (Wildman–Crippen LogP) is 1.76. The summed E-state index contributed by atoms with van der Waals surface area (Å²) in [6.45, 7) is 6.76. The van der Waals surface area contributed by atoms with Gasteiger partial charge in [-0.1, -0.05) is 0 Å². The molecule has 3 atom stereocenters. The molecule has 3 unspecified atom stereocenters. The molecular weight excluding hydrogens is 376 g/mol. The minimum Gasteiger partial charge on any atom is -0.482 e. The summed E-state index contributed by atoms with van der Waals surface area (Å²) in [7, 11) is 0. The van der Waals surface area contributed by atoms with Crippen molar-refractivity contribution in [3.05, 3.63) is 24.3 Å². The van der Waals surface area contributed by atoms with Crippen molar-refractivity contribution in [2.75, 3.05) is 31.1 Å². The Morgan fingerprint density at radius 1 is 1.17 bits per heavy atom. The van der Waals surface area contributed by atoms with Crippen LogP contribution in [-0.2, 0) is 23.9 Å². The second kappa shape index (κ2) is 9.26. The van der Waals surface area contributed by atoms with E-state index in [9.17, 15) is 14.4 Å². The number of hydrogen-bond donors (Lipinski definition) is 0. The number of esters is 1. The number of hydrogen-bond acceptors (Lipinski definition) is 6. The summed E-state index contributed by atoms with van der Waals surface area (Å²) in [4.78, 5) is 39.8. The summed E-state index contributed by atoms with van der Waals surface area (Å²) >= 11 is 0. The maximum atomic E-state index is 12.5. The zero-order valence-corrected chi connectivity index (χ0v) is 17.1. The fourth-order valence-electron chi connectivity index (χ4n) is 3.68. The molecule has 2 amide bonds. The van der Waals surface area contributed by atoms with Gasteiger partial charge in [0.05, 0.1) is 12.2 Å². The van der Waals surface area contributed by atoms with Gasteiger partial charge >= 0.3 is 5.97 Å². The Bertz CT molecular complexity index is 740. The number of anilines is 1. The number of rotatable bonds is 6. The monoisotopic (exact) mass is 404 g/mol. The van der Waals surface area contributed by atoms with E-state index in [-0.39, 0.29) is 30.6 Å². The van der Waals surface area contributed by atoms with Gasteiger partial charge in [-0.15, -0.1) is 0 Å². The molecule has 1 aromatic carbocycles. The normalized spacial score (nSPS) is 23.1. The van der Waals surface area contributed by atoms with Crippen LogP contribution >= 0.6 is 0 Å². The second-order valence-electron chi connectivity index (χ2n) is 7.56. The van der Waals surface area contributed by atoms with E-state index in [1.807, 2.05) is 13.8 Å². The molecule has 29 heavy (non-hydrogen) atoms. The fourth-order valence-corrected chi connectivity index (χ4v) is 3.68. The van der Waals surface area contributed by atoms with E-state index in [1.165, 1.54) is 0 Å². The summed E-state index contributed by atoms with van der Waals surface area (Å²) in [6, 6.07) is 6.99. The lowest BCUT2D eigenvalue weighted by atomic mass is 10.2. The summed E-state index contributed by atoms with van der Waals surface area (Å²) in [5.74, 6) is -0.240. The molecule has 8 nitrogen and oxygen atoms in total. The Morgan fingerprint density at radius 3 is 2.41 bits per heavy atom. The third kappa shape index (κ3) is 5.47. The van der Waals surface area contributed by atoms with Crippen LogP contribution in [0.5, 0.6) is 5.75 Å². The number of nitrogens with zero attached hydrogens (tertiary/aromatic N) is 2. The van der Waals surface area contributed by atoms with E-state index in [4.69, 9.17) is 14.2 Å². The average molecular weight is 404 g/mol. The molecule has 0 radical (unpaired) electrons. The number of amides is 2. The molecular formula is C21H28N2O6. The van der Waals surface area contributed by atoms with Crippen LogP contribution in [0, 0.1) is 0 Å². The molecule has 2 fully saturated rings. The standard InChI is InChI=1S/C21H28N2O6/c1-14-11-22(12-15(2)28-14)21(26)16(3)29-20(25)13-27-18-8-6-17(7-9-18)23-10-4-5-19(23)24/h6-9,14-16H,4-5,10-13H2,1-3H3. The molecule has 3 rings (SSSR count). The maximum Gasteiger partial charge on any atom is 0.344 e. The van der Waals surface area contributed by atoms with E-state index in [1.54, 1.807) is 41.0 Å². The Balaban J connectivity index is 1.45. The number of ether oxygens (including phenoxy) is 3. The Labute approximate surface area is 170 Å². The molecule has 0 spiro atoms. The highest BCUT2D eigenvalue weighted by Gasteiger charge is 2.30. The van der Waals surface area contributed by atoms with E-state index in [0.29, 0.717) is 25.3 Å². The van der Waals surface area contributed by atoms with Gasteiger partial charge in [0, 0.05) is 31.7 Å². The smallest absolute Gasteiger partial charge is 0.344 e. The van der Waals surface area contributed by atoms with E-state index >= 15 is 0 Å². The van der Waals surface area contributed by atoms with Gasteiger partial charge in [0.1, 0.15) is 5.75 Å². The molecule has 0 bridgehead atoms. The van der Waals surface area contributed by atoms with Gasteiger partial charge in [0.25, 0.3) is 5.91 Å². The molecule has 2 saturated heterocycles. The van der Waals surface area contributed by atoms with Crippen molar-refractivity contribution in [2.24, 2.45) is 0 Å².